The summed E-state index contributed by atoms with van der Waals surface area (Å²) in [4.78, 5) is 0. The monoisotopic (exact) mass is 151 g/mol. The topological polar surface area (TPSA) is 0 Å². The van der Waals surface area contributed by atoms with Crippen LogP contribution in [0.1, 0.15) is 19.8 Å². The van der Waals surface area contributed by atoms with E-state index < -0.39 is 0 Å². The summed E-state index contributed by atoms with van der Waals surface area (Å²) in [5, 5.41) is 0. The molecule has 0 aliphatic carbocycles. The number of unbranched alkanes of at least 4 members (excludes halogenated alkanes) is 1. The molecule has 0 nitrogen and oxygen atoms in total. The van der Waals surface area contributed by atoms with Gasteiger partial charge in [-0.3, -0.25) is 0 Å². The van der Waals surface area contributed by atoms with Crippen LogP contribution in [-0.4, -0.2) is 8.80 Å². The molecule has 0 unspecified atom stereocenters. The molecule has 0 saturated heterocycles. The number of hydrogen-bond acceptors (Lipinski definition) is 0. The van der Waals surface area contributed by atoms with Crippen LogP contribution in [0, 0.1) is 0 Å². The second-order valence-electron chi connectivity index (χ2n) is 2.31. The molecule has 0 aromatic rings. The molecule has 0 bridgehead atoms. The Morgan fingerprint density at radius 1 is 1.25 bits per heavy atom. The summed E-state index contributed by atoms with van der Waals surface area (Å²) < 4.78 is 0. The van der Waals surface area contributed by atoms with E-state index in [0.717, 1.165) is 0 Å². The molecule has 0 saturated carbocycles. The Morgan fingerprint density at radius 3 is 1.88 bits per heavy atom. The molecule has 0 fully saturated rings. The van der Waals surface area contributed by atoms with E-state index >= 15 is 0 Å². The maximum atomic E-state index is 2.38. The van der Waals surface area contributed by atoms with E-state index in [2.05, 4.69) is 20.0 Å². The normalized spacial score (nSPS) is 9.00. The van der Waals surface area contributed by atoms with E-state index in [0.29, 0.717) is 0 Å². The van der Waals surface area contributed by atoms with Crippen molar-refractivity contribution >= 4 is 21.2 Å². The Bertz CT molecular complexity index is 37.5. The molecule has 0 aromatic heterocycles. The van der Waals surface area contributed by atoms with E-state index in [4.69, 9.17) is 0 Å². The first-order valence-electron chi connectivity index (χ1n) is 3.06. The van der Waals surface area contributed by atoms with Crippen molar-refractivity contribution in [3.63, 3.8) is 0 Å². The van der Waals surface area contributed by atoms with Crippen LogP contribution in [0.3, 0.4) is 0 Å². The van der Waals surface area contributed by atoms with Crippen molar-refractivity contribution in [3.8, 4) is 0 Å². The fourth-order valence-corrected chi connectivity index (χ4v) is 1.59. The summed E-state index contributed by atoms with van der Waals surface area (Å²) in [7, 11) is 0.103. The highest BCUT2D eigenvalue weighted by atomic mass is 35.5. The molecular weight excluding hydrogens is 136 g/mol. The molecule has 0 atom stereocenters. The molecule has 0 rings (SSSR count). The van der Waals surface area contributed by atoms with Crippen LogP contribution in [-0.2, 0) is 0 Å². The molecule has 0 heterocycles. The molecule has 0 aliphatic rings. The molecule has 2 heteroatoms. The van der Waals surface area contributed by atoms with Gasteiger partial charge in [-0.1, -0.05) is 38.9 Å². The summed E-state index contributed by atoms with van der Waals surface area (Å²) in [5.74, 6) is 0. The van der Waals surface area contributed by atoms with Gasteiger partial charge in [0, 0.05) is 8.80 Å². The van der Waals surface area contributed by atoms with Crippen LogP contribution < -0.4 is 0 Å². The first kappa shape index (κ1) is 11.3. The van der Waals surface area contributed by atoms with Crippen molar-refractivity contribution in [2.24, 2.45) is 0 Å². The first-order chi connectivity index (χ1) is 3.27. The zero-order valence-electron chi connectivity index (χ0n) is 6.03. The van der Waals surface area contributed by atoms with Gasteiger partial charge in [-0.2, -0.15) is 0 Å². The third-order valence-electron chi connectivity index (χ3n) is 1.03. The summed E-state index contributed by atoms with van der Waals surface area (Å²) in [6, 6.07) is 1.50. The van der Waals surface area contributed by atoms with Crippen molar-refractivity contribution < 1.29 is 0 Å². The second kappa shape index (κ2) is 7.51. The zero-order chi connectivity index (χ0) is 5.70. The fraction of sp³-hybridized carbons (Fsp3) is 1.00. The van der Waals surface area contributed by atoms with Crippen LogP contribution in [0.25, 0.3) is 0 Å². The predicted octanol–water partition coefficient (Wildman–Crippen LogP) is 2.96. The number of rotatable bonds is 3. The molecule has 8 heavy (non-hydrogen) atoms. The maximum Gasteiger partial charge on any atom is 0.0412 e. The Balaban J connectivity index is 0. The molecule has 0 aliphatic heterocycles. The Labute approximate surface area is 60.7 Å². The Morgan fingerprint density at radius 2 is 1.75 bits per heavy atom. The standard InChI is InChI=1S/C6H15Si.ClH/c1-4-5-6-7(2)3;/h4-6H2,1-3H3;1H. The van der Waals surface area contributed by atoms with Crippen molar-refractivity contribution in [1.82, 2.24) is 0 Å². The summed E-state index contributed by atoms with van der Waals surface area (Å²) in [6.45, 7) is 7.01. The summed E-state index contributed by atoms with van der Waals surface area (Å²) in [6.07, 6.45) is 2.82. The number of halogens is 1. The quantitative estimate of drug-likeness (QED) is 0.545. The lowest BCUT2D eigenvalue weighted by Gasteiger charge is -1.96. The molecule has 1 radical (unpaired) electrons. The second-order valence-corrected chi connectivity index (χ2v) is 5.22. The minimum Gasteiger partial charge on any atom is -0.147 e. The van der Waals surface area contributed by atoms with E-state index in [1.54, 1.807) is 0 Å². The number of hydrogen-bond donors (Lipinski definition) is 0. The molecule has 0 aromatic carbocycles. The van der Waals surface area contributed by atoms with Crippen LogP contribution in [0.15, 0.2) is 0 Å². The Hall–Kier alpha value is 0.507. The summed E-state index contributed by atoms with van der Waals surface area (Å²) >= 11 is 0. The van der Waals surface area contributed by atoms with E-state index in [9.17, 15) is 0 Å². The van der Waals surface area contributed by atoms with Crippen molar-refractivity contribution in [2.45, 2.75) is 38.9 Å². The van der Waals surface area contributed by atoms with Crippen LogP contribution in [0.4, 0.5) is 0 Å². The van der Waals surface area contributed by atoms with Crippen LogP contribution in [0.5, 0.6) is 0 Å². The molecule has 51 valence electrons. The van der Waals surface area contributed by atoms with Crippen molar-refractivity contribution in [1.29, 1.82) is 0 Å². The lowest BCUT2D eigenvalue weighted by Crippen LogP contribution is -1.96. The Kier molecular flexibility index (Phi) is 10.6. The molecule has 0 amide bonds. The minimum absolute atomic E-state index is 0. The molecule has 0 N–H and O–H groups in total. The summed E-state index contributed by atoms with van der Waals surface area (Å²) in [5.41, 5.74) is 0. The van der Waals surface area contributed by atoms with Gasteiger partial charge in [0.05, 0.1) is 0 Å². The van der Waals surface area contributed by atoms with Gasteiger partial charge in [0.25, 0.3) is 0 Å². The van der Waals surface area contributed by atoms with Gasteiger partial charge in [-0.05, 0) is 0 Å². The van der Waals surface area contributed by atoms with Gasteiger partial charge in [-0.15, -0.1) is 12.4 Å². The van der Waals surface area contributed by atoms with Gasteiger partial charge in [-0.25, -0.2) is 0 Å². The molecule has 0 spiro atoms. The zero-order valence-corrected chi connectivity index (χ0v) is 7.85. The third-order valence-corrected chi connectivity index (χ3v) is 2.38. The smallest absolute Gasteiger partial charge is 0.0412 e. The van der Waals surface area contributed by atoms with Gasteiger partial charge >= 0.3 is 0 Å². The van der Waals surface area contributed by atoms with E-state index in [-0.39, 0.29) is 21.2 Å². The lowest BCUT2D eigenvalue weighted by atomic mass is 10.4. The highest BCUT2D eigenvalue weighted by molar-refractivity contribution is 6.55. The highest BCUT2D eigenvalue weighted by Gasteiger charge is 1.91. The van der Waals surface area contributed by atoms with Crippen LogP contribution >= 0.6 is 12.4 Å². The van der Waals surface area contributed by atoms with Gasteiger partial charge in [0.2, 0.25) is 0 Å². The fourth-order valence-electron chi connectivity index (χ4n) is 0.530. The van der Waals surface area contributed by atoms with Crippen molar-refractivity contribution in [3.05, 3.63) is 0 Å². The minimum atomic E-state index is 0. The average molecular weight is 152 g/mol. The lowest BCUT2D eigenvalue weighted by molar-refractivity contribution is 0.875. The maximum absolute atomic E-state index is 2.38. The van der Waals surface area contributed by atoms with Crippen molar-refractivity contribution in [2.75, 3.05) is 0 Å². The highest BCUT2D eigenvalue weighted by Crippen LogP contribution is 1.98. The SMILES string of the molecule is CCCC[Si](C)C.Cl. The first-order valence-corrected chi connectivity index (χ1v) is 5.77. The van der Waals surface area contributed by atoms with E-state index in [1.165, 1.54) is 18.9 Å². The van der Waals surface area contributed by atoms with Gasteiger partial charge in [0.1, 0.15) is 0 Å². The van der Waals surface area contributed by atoms with E-state index in [1.807, 2.05) is 0 Å². The van der Waals surface area contributed by atoms with Gasteiger partial charge in [0.15, 0.2) is 0 Å². The van der Waals surface area contributed by atoms with Crippen LogP contribution in [0.2, 0.25) is 19.1 Å². The largest absolute Gasteiger partial charge is 0.147 e. The average Bonchev–Trinajstić information content (AvgIpc) is 1.61. The predicted molar refractivity (Wildman–Crippen MR) is 44.4 cm³/mol. The molecular formula is C6H16ClSi. The van der Waals surface area contributed by atoms with Gasteiger partial charge < -0.3 is 0 Å². The third kappa shape index (κ3) is 9.71.